The van der Waals surface area contributed by atoms with Gasteiger partial charge in [0.1, 0.15) is 5.60 Å². The van der Waals surface area contributed by atoms with Crippen LogP contribution in [0.3, 0.4) is 0 Å². The third-order valence-corrected chi connectivity index (χ3v) is 4.55. The monoisotopic (exact) mass is 326 g/mol. The van der Waals surface area contributed by atoms with E-state index in [0.717, 1.165) is 12.8 Å². The smallest absolute Gasteiger partial charge is 0.410 e. The molecule has 0 unspecified atom stereocenters. The topological polar surface area (TPSA) is 70.1 Å². The third-order valence-electron chi connectivity index (χ3n) is 4.55. The number of piperidine rings is 2. The van der Waals surface area contributed by atoms with Gasteiger partial charge in [-0.25, -0.2) is 4.79 Å². The Morgan fingerprint density at radius 3 is 2.04 bits per heavy atom. The van der Waals surface area contributed by atoms with Crippen molar-refractivity contribution in [1.82, 2.24) is 9.80 Å². The summed E-state index contributed by atoms with van der Waals surface area (Å²) < 4.78 is 5.39. The van der Waals surface area contributed by atoms with Crippen LogP contribution in [0.1, 0.15) is 52.9 Å². The number of rotatable bonds is 2. The van der Waals surface area contributed by atoms with Gasteiger partial charge in [-0.1, -0.05) is 0 Å². The zero-order chi connectivity index (χ0) is 17.0. The van der Waals surface area contributed by atoms with Gasteiger partial charge in [0.05, 0.1) is 6.10 Å². The van der Waals surface area contributed by atoms with Gasteiger partial charge in [0.2, 0.25) is 5.91 Å². The first kappa shape index (κ1) is 18.0. The van der Waals surface area contributed by atoms with Gasteiger partial charge in [-0.15, -0.1) is 0 Å². The molecule has 0 aromatic heterocycles. The maximum Gasteiger partial charge on any atom is 0.410 e. The molecule has 2 aliphatic rings. The maximum absolute atomic E-state index is 12.3. The first-order valence-corrected chi connectivity index (χ1v) is 8.68. The molecule has 2 amide bonds. The summed E-state index contributed by atoms with van der Waals surface area (Å²) in [6, 6.07) is 0. The van der Waals surface area contributed by atoms with E-state index in [9.17, 15) is 14.7 Å². The fourth-order valence-electron chi connectivity index (χ4n) is 3.14. The quantitative estimate of drug-likeness (QED) is 0.843. The van der Waals surface area contributed by atoms with E-state index < -0.39 is 5.60 Å². The Hall–Kier alpha value is -1.30. The zero-order valence-corrected chi connectivity index (χ0v) is 14.6. The van der Waals surface area contributed by atoms with Crippen molar-refractivity contribution in [2.75, 3.05) is 26.2 Å². The molecule has 1 N–H and O–H groups in total. The predicted molar refractivity (Wildman–Crippen MR) is 87.0 cm³/mol. The Balaban J connectivity index is 1.72. The van der Waals surface area contributed by atoms with Gasteiger partial charge in [-0.3, -0.25) is 4.79 Å². The average molecular weight is 326 g/mol. The summed E-state index contributed by atoms with van der Waals surface area (Å²) in [7, 11) is 0. The van der Waals surface area contributed by atoms with Crippen LogP contribution in [-0.4, -0.2) is 64.8 Å². The molecule has 23 heavy (non-hydrogen) atoms. The highest BCUT2D eigenvalue weighted by molar-refractivity contribution is 5.76. The summed E-state index contributed by atoms with van der Waals surface area (Å²) in [5.74, 6) is 0.528. The molecular formula is C17H30N2O4. The second-order valence-electron chi connectivity index (χ2n) is 7.73. The number of carbonyl (C=O) groups excluding carboxylic acids is 2. The lowest BCUT2D eigenvalue weighted by molar-refractivity contribution is -0.134. The summed E-state index contributed by atoms with van der Waals surface area (Å²) >= 11 is 0. The molecule has 2 saturated heterocycles. The number of carbonyl (C=O) groups is 2. The van der Waals surface area contributed by atoms with E-state index in [1.54, 1.807) is 4.90 Å². The number of amides is 2. The van der Waals surface area contributed by atoms with Crippen molar-refractivity contribution >= 4 is 12.0 Å². The zero-order valence-electron chi connectivity index (χ0n) is 14.6. The summed E-state index contributed by atoms with van der Waals surface area (Å²) in [6.07, 6.45) is 3.11. The van der Waals surface area contributed by atoms with Crippen molar-refractivity contribution in [3.05, 3.63) is 0 Å². The van der Waals surface area contributed by atoms with Crippen LogP contribution < -0.4 is 0 Å². The van der Waals surface area contributed by atoms with Crippen LogP contribution in [-0.2, 0) is 9.53 Å². The third kappa shape index (κ3) is 5.68. The molecular weight excluding hydrogens is 296 g/mol. The molecule has 0 radical (unpaired) electrons. The minimum atomic E-state index is -0.470. The minimum Gasteiger partial charge on any atom is -0.444 e. The Morgan fingerprint density at radius 1 is 1.00 bits per heavy atom. The highest BCUT2D eigenvalue weighted by Gasteiger charge is 2.29. The highest BCUT2D eigenvalue weighted by Crippen LogP contribution is 2.24. The molecule has 0 atom stereocenters. The van der Waals surface area contributed by atoms with Crippen molar-refractivity contribution < 1.29 is 19.4 Å². The standard InChI is InChI=1S/C17H30N2O4/c1-17(2,3)23-16(22)19-8-4-13(5-9-19)12-15(21)18-10-6-14(20)7-11-18/h13-14,20H,4-12H2,1-3H3. The van der Waals surface area contributed by atoms with Crippen LogP contribution in [0.4, 0.5) is 4.79 Å². The number of hydrogen-bond donors (Lipinski definition) is 1. The summed E-state index contributed by atoms with van der Waals surface area (Å²) in [4.78, 5) is 27.9. The predicted octanol–water partition coefficient (Wildman–Crippen LogP) is 2.01. The van der Waals surface area contributed by atoms with Crippen LogP contribution >= 0.6 is 0 Å². The van der Waals surface area contributed by atoms with Crippen LogP contribution in [0.15, 0.2) is 0 Å². The van der Waals surface area contributed by atoms with Gasteiger partial charge < -0.3 is 19.6 Å². The minimum absolute atomic E-state index is 0.188. The van der Waals surface area contributed by atoms with Crippen molar-refractivity contribution in [3.63, 3.8) is 0 Å². The molecule has 0 saturated carbocycles. The van der Waals surface area contributed by atoms with E-state index >= 15 is 0 Å². The average Bonchev–Trinajstić information content (AvgIpc) is 2.46. The van der Waals surface area contributed by atoms with Crippen molar-refractivity contribution in [2.45, 2.75) is 64.6 Å². The first-order chi connectivity index (χ1) is 10.7. The lowest BCUT2D eigenvalue weighted by atomic mass is 9.92. The van der Waals surface area contributed by atoms with E-state index in [1.165, 1.54) is 0 Å². The number of hydrogen-bond acceptors (Lipinski definition) is 4. The van der Waals surface area contributed by atoms with Crippen LogP contribution in [0.25, 0.3) is 0 Å². The lowest BCUT2D eigenvalue weighted by Crippen LogP contribution is -2.44. The molecule has 6 nitrogen and oxygen atoms in total. The Bertz CT molecular complexity index is 417. The number of aliphatic hydroxyl groups is 1. The van der Waals surface area contributed by atoms with E-state index in [4.69, 9.17) is 4.74 Å². The van der Waals surface area contributed by atoms with E-state index in [0.29, 0.717) is 51.4 Å². The number of aliphatic hydroxyl groups excluding tert-OH is 1. The van der Waals surface area contributed by atoms with Crippen LogP contribution in [0.5, 0.6) is 0 Å². The summed E-state index contributed by atoms with van der Waals surface area (Å²) in [5.41, 5.74) is -0.470. The maximum atomic E-state index is 12.3. The van der Waals surface area contributed by atoms with Gasteiger partial charge in [0.15, 0.2) is 0 Å². The van der Waals surface area contributed by atoms with Crippen LogP contribution in [0.2, 0.25) is 0 Å². The molecule has 0 spiro atoms. The van der Waals surface area contributed by atoms with Crippen molar-refractivity contribution in [3.8, 4) is 0 Å². The SMILES string of the molecule is CC(C)(C)OC(=O)N1CCC(CC(=O)N2CCC(O)CC2)CC1. The second-order valence-corrected chi connectivity index (χ2v) is 7.73. The summed E-state index contributed by atoms with van der Waals surface area (Å²) in [5, 5.41) is 9.50. The number of ether oxygens (including phenoxy) is 1. The lowest BCUT2D eigenvalue weighted by Gasteiger charge is -2.35. The molecule has 0 aromatic rings. The largest absolute Gasteiger partial charge is 0.444 e. The molecule has 6 heteroatoms. The molecule has 132 valence electrons. The van der Waals surface area contributed by atoms with E-state index in [2.05, 4.69) is 0 Å². The van der Waals surface area contributed by atoms with E-state index in [1.807, 2.05) is 25.7 Å². The Kier molecular flexibility index (Phi) is 5.89. The molecule has 2 aliphatic heterocycles. The molecule has 2 fully saturated rings. The van der Waals surface area contributed by atoms with Gasteiger partial charge in [0, 0.05) is 32.6 Å². The van der Waals surface area contributed by atoms with E-state index in [-0.39, 0.29) is 18.1 Å². The summed E-state index contributed by atoms with van der Waals surface area (Å²) in [6.45, 7) is 8.24. The van der Waals surface area contributed by atoms with Crippen LogP contribution in [0, 0.1) is 5.92 Å². The molecule has 0 aliphatic carbocycles. The first-order valence-electron chi connectivity index (χ1n) is 8.68. The molecule has 2 rings (SSSR count). The molecule has 0 aromatic carbocycles. The molecule has 0 bridgehead atoms. The van der Waals surface area contributed by atoms with Gasteiger partial charge in [-0.2, -0.15) is 0 Å². The van der Waals surface area contributed by atoms with Crippen molar-refractivity contribution in [1.29, 1.82) is 0 Å². The fourth-order valence-corrected chi connectivity index (χ4v) is 3.14. The number of nitrogens with zero attached hydrogens (tertiary/aromatic N) is 2. The van der Waals surface area contributed by atoms with Gasteiger partial charge >= 0.3 is 6.09 Å². The second kappa shape index (κ2) is 7.51. The fraction of sp³-hybridized carbons (Fsp3) is 0.882. The van der Waals surface area contributed by atoms with Gasteiger partial charge in [-0.05, 0) is 52.4 Å². The normalized spacial score (nSPS) is 21.4. The number of likely N-dealkylation sites (tertiary alicyclic amines) is 2. The highest BCUT2D eigenvalue weighted by atomic mass is 16.6. The Labute approximate surface area is 138 Å². The van der Waals surface area contributed by atoms with Crippen molar-refractivity contribution in [2.24, 2.45) is 5.92 Å². The molecule has 2 heterocycles. The Morgan fingerprint density at radius 2 is 1.52 bits per heavy atom. The van der Waals surface area contributed by atoms with Gasteiger partial charge in [0.25, 0.3) is 0 Å².